The molecule has 9 heteroatoms. The Balaban J connectivity index is 1.89. The molecule has 0 unspecified atom stereocenters. The fourth-order valence-electron chi connectivity index (χ4n) is 3.55. The lowest BCUT2D eigenvalue weighted by Crippen LogP contribution is -2.39. The molecule has 0 saturated carbocycles. The van der Waals surface area contributed by atoms with Gasteiger partial charge < -0.3 is 9.80 Å². The number of rotatable bonds is 2. The van der Waals surface area contributed by atoms with E-state index in [2.05, 4.69) is 0 Å². The molecule has 0 atom stereocenters. The average Bonchev–Trinajstić information content (AvgIpc) is 2.70. The third-order valence-electron chi connectivity index (χ3n) is 5.04. The summed E-state index contributed by atoms with van der Waals surface area (Å²) >= 11 is 12.0. The number of amides is 1. The fraction of sp³-hybridized carbons (Fsp3) is 0.250. The third-order valence-corrected chi connectivity index (χ3v) is 7.35. The summed E-state index contributed by atoms with van der Waals surface area (Å²) in [4.78, 5) is 15.8. The van der Waals surface area contributed by atoms with Gasteiger partial charge in [0.25, 0.3) is 5.91 Å². The van der Waals surface area contributed by atoms with Gasteiger partial charge in [-0.15, -0.1) is 0 Å². The van der Waals surface area contributed by atoms with Gasteiger partial charge in [-0.2, -0.15) is 0 Å². The van der Waals surface area contributed by atoms with Crippen molar-refractivity contribution in [3.63, 3.8) is 0 Å². The van der Waals surface area contributed by atoms with Crippen LogP contribution in [0, 0.1) is 5.82 Å². The van der Waals surface area contributed by atoms with E-state index in [0.717, 1.165) is 19.3 Å². The van der Waals surface area contributed by atoms with Crippen LogP contribution in [-0.4, -0.2) is 32.3 Å². The largest absolute Gasteiger partial charge is 0.338 e. The first-order valence-corrected chi connectivity index (χ1v) is 11.3. The van der Waals surface area contributed by atoms with E-state index in [1.165, 1.54) is 47.5 Å². The van der Waals surface area contributed by atoms with Crippen molar-refractivity contribution in [1.29, 1.82) is 0 Å². The van der Waals surface area contributed by atoms with Crippen LogP contribution < -0.4 is 4.90 Å². The summed E-state index contributed by atoms with van der Waals surface area (Å²) in [6.07, 6.45) is 3.96. The predicted molar refractivity (Wildman–Crippen MR) is 111 cm³/mol. The van der Waals surface area contributed by atoms with E-state index in [4.69, 9.17) is 23.2 Å². The number of hydrogen-bond donors (Lipinski definition) is 0. The van der Waals surface area contributed by atoms with Crippen molar-refractivity contribution in [2.24, 2.45) is 0 Å². The Morgan fingerprint density at radius 2 is 1.72 bits per heavy atom. The van der Waals surface area contributed by atoms with Gasteiger partial charge in [0, 0.05) is 30.0 Å². The lowest BCUT2D eigenvalue weighted by atomic mass is 10.1. The number of piperidine rings is 1. The van der Waals surface area contributed by atoms with Gasteiger partial charge in [-0.1, -0.05) is 23.2 Å². The number of halogens is 3. The quantitative estimate of drug-likeness (QED) is 0.646. The van der Waals surface area contributed by atoms with Gasteiger partial charge in [0.1, 0.15) is 5.82 Å². The highest BCUT2D eigenvalue weighted by Crippen LogP contribution is 2.42. The first-order valence-electron chi connectivity index (χ1n) is 9.09. The zero-order valence-electron chi connectivity index (χ0n) is 15.2. The topological polar surface area (TPSA) is 57.7 Å². The Kier molecular flexibility index (Phi) is 5.31. The monoisotopic (exact) mass is 454 g/mol. The SMILES string of the molecule is O=C(C1=CN(c2ccc(F)c(Cl)c2)c2cc(Cl)ccc2S1(=O)=O)N1CCCCC1. The summed E-state index contributed by atoms with van der Waals surface area (Å²) < 4.78 is 40.1. The number of fused-ring (bicyclic) bond motifs is 1. The molecule has 2 aromatic carbocycles. The molecule has 1 saturated heterocycles. The van der Waals surface area contributed by atoms with Crippen LogP contribution in [0.5, 0.6) is 0 Å². The van der Waals surface area contributed by atoms with Gasteiger partial charge in [0.05, 0.1) is 15.6 Å². The van der Waals surface area contributed by atoms with Crippen LogP contribution in [-0.2, 0) is 14.6 Å². The summed E-state index contributed by atoms with van der Waals surface area (Å²) in [5.41, 5.74) is 0.689. The Bertz CT molecular complexity index is 1130. The minimum Gasteiger partial charge on any atom is -0.338 e. The second-order valence-corrected chi connectivity index (χ2v) is 9.66. The molecule has 29 heavy (non-hydrogen) atoms. The van der Waals surface area contributed by atoms with Crippen molar-refractivity contribution in [3.05, 3.63) is 63.4 Å². The van der Waals surface area contributed by atoms with Crippen molar-refractivity contribution in [2.75, 3.05) is 18.0 Å². The zero-order chi connectivity index (χ0) is 20.8. The highest BCUT2D eigenvalue weighted by Gasteiger charge is 2.38. The van der Waals surface area contributed by atoms with Gasteiger partial charge in [0.2, 0.25) is 9.84 Å². The molecule has 1 amide bonds. The highest BCUT2D eigenvalue weighted by atomic mass is 35.5. The molecule has 152 valence electrons. The second kappa shape index (κ2) is 7.63. The number of carbonyl (C=O) groups is 1. The minimum absolute atomic E-state index is 0.0368. The first kappa shape index (κ1) is 20.2. The molecule has 2 aliphatic rings. The number of nitrogens with zero attached hydrogens (tertiary/aromatic N) is 2. The fourth-order valence-corrected chi connectivity index (χ4v) is 5.41. The standard InChI is InChI=1S/C20H17Cl2FN2O3S/c21-13-4-7-18-17(10-13)25(14-5-6-16(23)15(22)11-14)12-19(29(18,27)28)20(26)24-8-2-1-3-9-24/h4-7,10-12H,1-3,8-9H2. The van der Waals surface area contributed by atoms with Crippen molar-refractivity contribution < 1.29 is 17.6 Å². The highest BCUT2D eigenvalue weighted by molar-refractivity contribution is 7.96. The molecule has 1 fully saturated rings. The molecule has 0 bridgehead atoms. The van der Waals surface area contributed by atoms with E-state index < -0.39 is 21.6 Å². The second-order valence-electron chi connectivity index (χ2n) is 6.93. The van der Waals surface area contributed by atoms with Crippen molar-refractivity contribution in [2.45, 2.75) is 24.2 Å². The van der Waals surface area contributed by atoms with Crippen LogP contribution in [0.15, 0.2) is 52.4 Å². The Morgan fingerprint density at radius 3 is 2.41 bits per heavy atom. The average molecular weight is 455 g/mol. The van der Waals surface area contributed by atoms with E-state index in [1.54, 1.807) is 4.90 Å². The van der Waals surface area contributed by atoms with Gasteiger partial charge in [-0.3, -0.25) is 4.79 Å². The number of carbonyl (C=O) groups excluding carboxylic acids is 1. The molecule has 4 rings (SSSR count). The molecular formula is C20H17Cl2FN2O3S. The number of likely N-dealkylation sites (tertiary alicyclic amines) is 1. The zero-order valence-corrected chi connectivity index (χ0v) is 17.6. The first-order chi connectivity index (χ1) is 13.8. The van der Waals surface area contributed by atoms with E-state index in [9.17, 15) is 17.6 Å². The normalized spacial score (nSPS) is 18.2. The molecule has 0 N–H and O–H groups in total. The maximum Gasteiger partial charge on any atom is 0.267 e. The van der Waals surface area contributed by atoms with Crippen LogP contribution in [0.2, 0.25) is 10.0 Å². The van der Waals surface area contributed by atoms with Crippen molar-refractivity contribution >= 4 is 50.3 Å². The van der Waals surface area contributed by atoms with Crippen LogP contribution in [0.25, 0.3) is 0 Å². The van der Waals surface area contributed by atoms with Crippen LogP contribution in [0.4, 0.5) is 15.8 Å². The molecule has 0 aliphatic carbocycles. The van der Waals surface area contributed by atoms with Gasteiger partial charge in [-0.05, 0) is 55.7 Å². The Morgan fingerprint density at radius 1 is 1.00 bits per heavy atom. The van der Waals surface area contributed by atoms with Gasteiger partial charge in [-0.25, -0.2) is 12.8 Å². The number of benzene rings is 2. The lowest BCUT2D eigenvalue weighted by Gasteiger charge is -2.32. The maximum atomic E-state index is 13.7. The molecule has 0 aromatic heterocycles. The van der Waals surface area contributed by atoms with Crippen LogP contribution >= 0.6 is 23.2 Å². The van der Waals surface area contributed by atoms with Gasteiger partial charge >= 0.3 is 0 Å². The lowest BCUT2D eigenvalue weighted by molar-refractivity contribution is -0.127. The van der Waals surface area contributed by atoms with Gasteiger partial charge in [0.15, 0.2) is 4.91 Å². The number of hydrogen-bond acceptors (Lipinski definition) is 4. The summed E-state index contributed by atoms with van der Waals surface area (Å²) in [7, 11) is -4.04. The van der Waals surface area contributed by atoms with Crippen molar-refractivity contribution in [3.8, 4) is 0 Å². The van der Waals surface area contributed by atoms with E-state index in [1.807, 2.05) is 0 Å². The molecule has 5 nitrogen and oxygen atoms in total. The third kappa shape index (κ3) is 3.63. The predicted octanol–water partition coefficient (Wildman–Crippen LogP) is 4.91. The Hall–Kier alpha value is -2.09. The molecule has 2 heterocycles. The summed E-state index contributed by atoms with van der Waals surface area (Å²) in [6, 6.07) is 8.35. The number of anilines is 2. The van der Waals surface area contributed by atoms with E-state index in [-0.39, 0.29) is 20.5 Å². The van der Waals surface area contributed by atoms with Crippen LogP contribution in [0.1, 0.15) is 19.3 Å². The summed E-state index contributed by atoms with van der Waals surface area (Å²) in [5.74, 6) is -1.14. The van der Waals surface area contributed by atoms with Crippen LogP contribution in [0.3, 0.4) is 0 Å². The molecular weight excluding hydrogens is 438 g/mol. The Labute approximate surface area is 178 Å². The number of sulfone groups is 1. The molecule has 0 spiro atoms. The molecule has 0 radical (unpaired) electrons. The summed E-state index contributed by atoms with van der Waals surface area (Å²) in [5, 5.41) is 0.216. The van der Waals surface area contributed by atoms with E-state index >= 15 is 0 Å². The minimum atomic E-state index is -4.04. The molecule has 2 aromatic rings. The van der Waals surface area contributed by atoms with E-state index in [0.29, 0.717) is 23.8 Å². The maximum absolute atomic E-state index is 13.7. The summed E-state index contributed by atoms with van der Waals surface area (Å²) in [6.45, 7) is 1.03. The smallest absolute Gasteiger partial charge is 0.267 e. The van der Waals surface area contributed by atoms with Crippen molar-refractivity contribution in [1.82, 2.24) is 4.90 Å². The molecule has 2 aliphatic heterocycles.